The number of nitrogens with two attached hydrogens (primary N) is 2. The summed E-state index contributed by atoms with van der Waals surface area (Å²) in [5, 5.41) is 2.91. The summed E-state index contributed by atoms with van der Waals surface area (Å²) < 4.78 is 0. The van der Waals surface area contributed by atoms with E-state index < -0.39 is 0 Å². The van der Waals surface area contributed by atoms with Crippen LogP contribution < -0.4 is 16.8 Å². The zero-order valence-corrected chi connectivity index (χ0v) is 7.89. The van der Waals surface area contributed by atoms with E-state index in [1.54, 1.807) is 7.05 Å². The van der Waals surface area contributed by atoms with Crippen molar-refractivity contribution in [3.05, 3.63) is 18.2 Å². The van der Waals surface area contributed by atoms with E-state index in [4.69, 9.17) is 11.5 Å². The van der Waals surface area contributed by atoms with Gasteiger partial charge in [-0.3, -0.25) is 0 Å². The number of nitrogens with one attached hydrogen (secondary N) is 1. The van der Waals surface area contributed by atoms with E-state index in [9.17, 15) is 0 Å². The normalized spacial score (nSPS) is 8.25. The standard InChI is InChI=1S/C7H11N3.C2H6/c1-10-7-5(8)3-2-4-6(7)9;1-2/h2-4,10H,8-9H2,1H3;1-2H3. The maximum Gasteiger partial charge on any atom is 0.0804 e. The first kappa shape index (κ1) is 10.6. The van der Waals surface area contributed by atoms with Gasteiger partial charge >= 0.3 is 0 Å². The summed E-state index contributed by atoms with van der Waals surface area (Å²) in [5.41, 5.74) is 13.4. The Balaban J connectivity index is 0.000000561. The fraction of sp³-hybridized carbons (Fsp3) is 0.333. The number of anilines is 3. The fourth-order valence-electron chi connectivity index (χ4n) is 0.877. The molecular formula is C9H17N3. The van der Waals surface area contributed by atoms with E-state index in [0.29, 0.717) is 11.4 Å². The summed E-state index contributed by atoms with van der Waals surface area (Å²) in [5.74, 6) is 0. The van der Waals surface area contributed by atoms with Crippen LogP contribution in [0.4, 0.5) is 17.1 Å². The lowest BCUT2D eigenvalue weighted by molar-refractivity contribution is 1.50. The molecule has 1 aromatic rings. The largest absolute Gasteiger partial charge is 0.397 e. The van der Waals surface area contributed by atoms with Gasteiger partial charge < -0.3 is 16.8 Å². The van der Waals surface area contributed by atoms with Crippen LogP contribution in [-0.4, -0.2) is 7.05 Å². The van der Waals surface area contributed by atoms with Gasteiger partial charge in [-0.25, -0.2) is 0 Å². The van der Waals surface area contributed by atoms with Crippen molar-refractivity contribution >= 4 is 17.1 Å². The van der Waals surface area contributed by atoms with Gasteiger partial charge in [-0.1, -0.05) is 19.9 Å². The molecule has 3 heteroatoms. The molecule has 0 radical (unpaired) electrons. The first-order valence-electron chi connectivity index (χ1n) is 4.07. The Hall–Kier alpha value is -1.38. The summed E-state index contributed by atoms with van der Waals surface area (Å²) in [6, 6.07) is 5.44. The highest BCUT2D eigenvalue weighted by Crippen LogP contribution is 2.23. The summed E-state index contributed by atoms with van der Waals surface area (Å²) in [6.07, 6.45) is 0. The molecule has 0 bridgehead atoms. The van der Waals surface area contributed by atoms with Gasteiger partial charge in [0.05, 0.1) is 17.1 Å². The number of rotatable bonds is 1. The van der Waals surface area contributed by atoms with Crippen LogP contribution in [-0.2, 0) is 0 Å². The van der Waals surface area contributed by atoms with Crippen LogP contribution >= 0.6 is 0 Å². The second-order valence-corrected chi connectivity index (χ2v) is 2.06. The zero-order chi connectivity index (χ0) is 9.56. The fourth-order valence-corrected chi connectivity index (χ4v) is 0.877. The van der Waals surface area contributed by atoms with Gasteiger partial charge in [0.25, 0.3) is 0 Å². The Bertz CT molecular complexity index is 213. The third-order valence-electron chi connectivity index (χ3n) is 1.38. The van der Waals surface area contributed by atoms with Crippen LogP contribution in [0, 0.1) is 0 Å². The van der Waals surface area contributed by atoms with Gasteiger partial charge in [-0.15, -0.1) is 0 Å². The lowest BCUT2D eigenvalue weighted by Gasteiger charge is -2.06. The maximum absolute atomic E-state index is 5.59. The molecule has 1 aromatic carbocycles. The molecule has 12 heavy (non-hydrogen) atoms. The molecule has 0 heterocycles. The summed E-state index contributed by atoms with van der Waals surface area (Å²) in [6.45, 7) is 4.00. The van der Waals surface area contributed by atoms with Crippen molar-refractivity contribution in [2.24, 2.45) is 0 Å². The SMILES string of the molecule is CC.CNc1c(N)cccc1N. The van der Waals surface area contributed by atoms with E-state index in [0.717, 1.165) is 5.69 Å². The van der Waals surface area contributed by atoms with Crippen LogP contribution in [0.3, 0.4) is 0 Å². The predicted octanol–water partition coefficient (Wildman–Crippen LogP) is 1.92. The minimum absolute atomic E-state index is 0.683. The topological polar surface area (TPSA) is 64.1 Å². The zero-order valence-electron chi connectivity index (χ0n) is 7.89. The third-order valence-corrected chi connectivity index (χ3v) is 1.38. The van der Waals surface area contributed by atoms with E-state index in [1.165, 1.54) is 0 Å². The predicted molar refractivity (Wildman–Crippen MR) is 56.2 cm³/mol. The van der Waals surface area contributed by atoms with Gasteiger partial charge in [0.2, 0.25) is 0 Å². The number of nitrogen functional groups attached to an aromatic ring is 2. The molecule has 68 valence electrons. The second-order valence-electron chi connectivity index (χ2n) is 2.06. The summed E-state index contributed by atoms with van der Waals surface area (Å²) in [7, 11) is 1.79. The molecule has 0 fully saturated rings. The molecule has 0 aliphatic rings. The van der Waals surface area contributed by atoms with Crippen molar-refractivity contribution in [1.29, 1.82) is 0 Å². The molecular weight excluding hydrogens is 150 g/mol. The molecule has 0 saturated heterocycles. The Morgan fingerprint density at radius 1 is 1.08 bits per heavy atom. The van der Waals surface area contributed by atoms with Crippen molar-refractivity contribution in [3.63, 3.8) is 0 Å². The molecule has 0 unspecified atom stereocenters. The van der Waals surface area contributed by atoms with Crippen LogP contribution in [0.15, 0.2) is 18.2 Å². The average molecular weight is 167 g/mol. The minimum atomic E-state index is 0.683. The van der Waals surface area contributed by atoms with Crippen molar-refractivity contribution in [1.82, 2.24) is 0 Å². The quantitative estimate of drug-likeness (QED) is 0.560. The van der Waals surface area contributed by atoms with Gasteiger partial charge in [-0.2, -0.15) is 0 Å². The lowest BCUT2D eigenvalue weighted by Crippen LogP contribution is -1.99. The molecule has 0 amide bonds. The van der Waals surface area contributed by atoms with Crippen molar-refractivity contribution in [2.75, 3.05) is 23.8 Å². The van der Waals surface area contributed by atoms with Gasteiger partial charge in [0.1, 0.15) is 0 Å². The highest BCUT2D eigenvalue weighted by molar-refractivity contribution is 5.78. The molecule has 0 aliphatic heterocycles. The summed E-state index contributed by atoms with van der Waals surface area (Å²) in [4.78, 5) is 0. The van der Waals surface area contributed by atoms with Crippen molar-refractivity contribution in [3.8, 4) is 0 Å². The van der Waals surface area contributed by atoms with Gasteiger partial charge in [-0.05, 0) is 12.1 Å². The van der Waals surface area contributed by atoms with Crippen LogP contribution in [0.25, 0.3) is 0 Å². The first-order valence-corrected chi connectivity index (χ1v) is 4.07. The molecule has 1 rings (SSSR count). The first-order chi connectivity index (χ1) is 5.75. The average Bonchev–Trinajstić information content (AvgIpc) is 2.08. The lowest BCUT2D eigenvalue weighted by atomic mass is 10.2. The van der Waals surface area contributed by atoms with E-state index in [1.807, 2.05) is 32.0 Å². The molecule has 0 aromatic heterocycles. The third kappa shape index (κ3) is 2.34. The number of benzene rings is 1. The van der Waals surface area contributed by atoms with Crippen LogP contribution in [0.1, 0.15) is 13.8 Å². The minimum Gasteiger partial charge on any atom is -0.397 e. The van der Waals surface area contributed by atoms with E-state index in [2.05, 4.69) is 5.32 Å². The van der Waals surface area contributed by atoms with Crippen LogP contribution in [0.5, 0.6) is 0 Å². The molecule has 3 nitrogen and oxygen atoms in total. The molecule has 0 atom stereocenters. The Kier molecular flexibility index (Phi) is 4.69. The van der Waals surface area contributed by atoms with Gasteiger partial charge in [0, 0.05) is 7.05 Å². The Morgan fingerprint density at radius 2 is 1.50 bits per heavy atom. The van der Waals surface area contributed by atoms with E-state index >= 15 is 0 Å². The molecule has 5 N–H and O–H groups in total. The van der Waals surface area contributed by atoms with E-state index in [-0.39, 0.29) is 0 Å². The smallest absolute Gasteiger partial charge is 0.0804 e. The van der Waals surface area contributed by atoms with Crippen LogP contribution in [0.2, 0.25) is 0 Å². The van der Waals surface area contributed by atoms with Crippen molar-refractivity contribution < 1.29 is 0 Å². The van der Waals surface area contributed by atoms with Gasteiger partial charge in [0.15, 0.2) is 0 Å². The molecule has 0 aliphatic carbocycles. The monoisotopic (exact) mass is 167 g/mol. The summed E-state index contributed by atoms with van der Waals surface area (Å²) >= 11 is 0. The Morgan fingerprint density at radius 3 is 1.75 bits per heavy atom. The Labute approximate surface area is 73.8 Å². The highest BCUT2D eigenvalue weighted by atomic mass is 14.9. The van der Waals surface area contributed by atoms with Crippen molar-refractivity contribution in [2.45, 2.75) is 13.8 Å². The number of hydrogen-bond acceptors (Lipinski definition) is 3. The number of hydrogen-bond donors (Lipinski definition) is 3. The second kappa shape index (κ2) is 5.29. The molecule has 0 saturated carbocycles. The maximum atomic E-state index is 5.59. The highest BCUT2D eigenvalue weighted by Gasteiger charge is 1.97. The molecule has 0 spiro atoms. The number of para-hydroxylation sites is 1.